The molecule has 0 aromatic heterocycles. The normalized spacial score (nSPS) is 10.6. The number of carbonyl (C=O) groups excluding carboxylic acids is 1. The second-order valence-corrected chi connectivity index (χ2v) is 3.81. The molecule has 1 rings (SSSR count). The van der Waals surface area contributed by atoms with Gasteiger partial charge in [0.1, 0.15) is 18.9 Å². The molecule has 6 nitrogen and oxygen atoms in total. The van der Waals surface area contributed by atoms with E-state index < -0.39 is 24.7 Å². The third-order valence-corrected chi connectivity index (χ3v) is 2.14. The van der Waals surface area contributed by atoms with Crippen LogP contribution in [0.4, 0.5) is 13.6 Å². The minimum absolute atomic E-state index is 0.0585. The molecule has 1 aromatic rings. The van der Waals surface area contributed by atoms with Gasteiger partial charge in [0.25, 0.3) is 0 Å². The number of hydrogen-bond acceptors (Lipinski definition) is 4. The standard InChI is InChI=1S/C13H13F2NO5/c1-2-7-20-12(19)16-8-13(14,15)21-10-5-3-9(4-6-10)11(17)18/h2-6H,1,7-8H2,(H,16,19)(H,17,18). The van der Waals surface area contributed by atoms with Gasteiger partial charge in [0, 0.05) is 0 Å². The van der Waals surface area contributed by atoms with Crippen LogP contribution in [0.25, 0.3) is 0 Å². The van der Waals surface area contributed by atoms with Gasteiger partial charge in [0.05, 0.1) is 5.56 Å². The SMILES string of the molecule is C=CCOC(=O)NCC(F)(F)Oc1ccc(C(=O)O)cc1. The highest BCUT2D eigenvalue weighted by molar-refractivity contribution is 5.87. The Morgan fingerprint density at radius 2 is 1.95 bits per heavy atom. The first-order valence-electron chi connectivity index (χ1n) is 5.76. The number of alkyl halides is 2. The highest BCUT2D eigenvalue weighted by Gasteiger charge is 2.32. The van der Waals surface area contributed by atoms with Gasteiger partial charge in [-0.15, -0.1) is 0 Å². The number of amides is 1. The highest BCUT2D eigenvalue weighted by Crippen LogP contribution is 2.21. The Balaban J connectivity index is 2.53. The molecule has 0 unspecified atom stereocenters. The Morgan fingerprint density at radius 1 is 1.33 bits per heavy atom. The van der Waals surface area contributed by atoms with E-state index in [1.165, 1.54) is 6.08 Å². The van der Waals surface area contributed by atoms with Crippen molar-refractivity contribution in [1.82, 2.24) is 5.32 Å². The quantitative estimate of drug-likeness (QED) is 0.755. The lowest BCUT2D eigenvalue weighted by atomic mass is 10.2. The first-order valence-corrected chi connectivity index (χ1v) is 5.76. The molecule has 1 amide bonds. The monoisotopic (exact) mass is 301 g/mol. The predicted octanol–water partition coefficient (Wildman–Crippen LogP) is 2.27. The van der Waals surface area contributed by atoms with Crippen molar-refractivity contribution in [3.63, 3.8) is 0 Å². The van der Waals surface area contributed by atoms with Gasteiger partial charge >= 0.3 is 18.2 Å². The van der Waals surface area contributed by atoms with Crippen LogP contribution < -0.4 is 10.1 Å². The summed E-state index contributed by atoms with van der Waals surface area (Å²) in [5.41, 5.74) is -0.0585. The number of nitrogens with one attached hydrogen (secondary N) is 1. The Bertz CT molecular complexity index is 516. The summed E-state index contributed by atoms with van der Waals surface area (Å²) in [7, 11) is 0. The third kappa shape index (κ3) is 5.89. The Morgan fingerprint density at radius 3 is 2.48 bits per heavy atom. The van der Waals surface area contributed by atoms with E-state index in [1.54, 1.807) is 0 Å². The number of carbonyl (C=O) groups is 2. The molecule has 0 radical (unpaired) electrons. The van der Waals surface area contributed by atoms with E-state index in [2.05, 4.69) is 16.1 Å². The molecule has 0 spiro atoms. The minimum Gasteiger partial charge on any atom is -0.478 e. The van der Waals surface area contributed by atoms with E-state index in [4.69, 9.17) is 5.11 Å². The fourth-order valence-electron chi connectivity index (χ4n) is 1.23. The number of carboxylic acid groups (broad SMARTS) is 1. The molecule has 21 heavy (non-hydrogen) atoms. The molecule has 0 fully saturated rings. The molecule has 0 saturated carbocycles. The predicted molar refractivity (Wildman–Crippen MR) is 68.5 cm³/mol. The summed E-state index contributed by atoms with van der Waals surface area (Å²) < 4.78 is 35.7. The second-order valence-electron chi connectivity index (χ2n) is 3.81. The molecule has 8 heteroatoms. The summed E-state index contributed by atoms with van der Waals surface area (Å²) >= 11 is 0. The van der Waals surface area contributed by atoms with Crippen molar-refractivity contribution in [3.8, 4) is 5.75 Å². The smallest absolute Gasteiger partial charge is 0.415 e. The number of carboxylic acids is 1. The fraction of sp³-hybridized carbons (Fsp3) is 0.231. The summed E-state index contributed by atoms with van der Waals surface area (Å²) in [6.07, 6.45) is -3.41. The molecule has 1 aromatic carbocycles. The largest absolute Gasteiger partial charge is 0.478 e. The van der Waals surface area contributed by atoms with Crippen molar-refractivity contribution >= 4 is 12.1 Å². The lowest BCUT2D eigenvalue weighted by Crippen LogP contribution is -2.40. The summed E-state index contributed by atoms with van der Waals surface area (Å²) in [6.45, 7) is 2.10. The van der Waals surface area contributed by atoms with Crippen LogP contribution in [0.3, 0.4) is 0 Å². The lowest BCUT2D eigenvalue weighted by Gasteiger charge is -2.18. The first-order chi connectivity index (χ1) is 9.84. The average Bonchev–Trinajstić information content (AvgIpc) is 2.43. The molecular formula is C13H13F2NO5. The van der Waals surface area contributed by atoms with Crippen LogP contribution in [-0.4, -0.2) is 36.4 Å². The third-order valence-electron chi connectivity index (χ3n) is 2.14. The van der Waals surface area contributed by atoms with Crippen molar-refractivity contribution in [2.45, 2.75) is 6.11 Å². The number of benzene rings is 1. The van der Waals surface area contributed by atoms with Crippen LogP contribution in [0.2, 0.25) is 0 Å². The Kier molecular flexibility index (Phi) is 5.65. The maximum Gasteiger partial charge on any atom is 0.415 e. The summed E-state index contributed by atoms with van der Waals surface area (Å²) in [5, 5.41) is 10.5. The first kappa shape index (κ1) is 16.4. The number of ether oxygens (including phenoxy) is 2. The molecule has 0 heterocycles. The van der Waals surface area contributed by atoms with Gasteiger partial charge < -0.3 is 19.9 Å². The second kappa shape index (κ2) is 7.22. The van der Waals surface area contributed by atoms with E-state index in [-0.39, 0.29) is 17.9 Å². The van der Waals surface area contributed by atoms with E-state index in [0.717, 1.165) is 24.3 Å². The van der Waals surface area contributed by atoms with E-state index >= 15 is 0 Å². The number of hydrogen-bond donors (Lipinski definition) is 2. The lowest BCUT2D eigenvalue weighted by molar-refractivity contribution is -0.170. The molecule has 0 aliphatic rings. The number of aromatic carboxylic acids is 1. The summed E-state index contributed by atoms with van der Waals surface area (Å²) in [5.74, 6) is -1.41. The van der Waals surface area contributed by atoms with Crippen LogP contribution in [0, 0.1) is 0 Å². The Hall–Kier alpha value is -2.64. The van der Waals surface area contributed by atoms with Crippen LogP contribution in [-0.2, 0) is 4.74 Å². The van der Waals surface area contributed by atoms with Gasteiger partial charge in [-0.05, 0) is 24.3 Å². The number of halogens is 2. The van der Waals surface area contributed by atoms with Crippen molar-refractivity contribution in [1.29, 1.82) is 0 Å². The van der Waals surface area contributed by atoms with E-state index in [1.807, 2.05) is 5.32 Å². The van der Waals surface area contributed by atoms with E-state index in [9.17, 15) is 18.4 Å². The molecule has 0 atom stereocenters. The van der Waals surface area contributed by atoms with Crippen LogP contribution >= 0.6 is 0 Å². The zero-order valence-corrected chi connectivity index (χ0v) is 10.8. The van der Waals surface area contributed by atoms with Crippen molar-refractivity contribution in [3.05, 3.63) is 42.5 Å². The summed E-state index contributed by atoms with van der Waals surface area (Å²) in [6, 6.07) is 4.43. The number of rotatable bonds is 7. The highest BCUT2D eigenvalue weighted by atomic mass is 19.3. The maximum atomic E-state index is 13.4. The number of alkyl carbamates (subject to hydrolysis) is 1. The maximum absolute atomic E-state index is 13.4. The molecule has 0 aliphatic carbocycles. The fourth-order valence-corrected chi connectivity index (χ4v) is 1.23. The van der Waals surface area contributed by atoms with Gasteiger partial charge in [-0.2, -0.15) is 8.78 Å². The van der Waals surface area contributed by atoms with Crippen LogP contribution in [0.1, 0.15) is 10.4 Å². The Labute approximate surface area is 119 Å². The van der Waals surface area contributed by atoms with Gasteiger partial charge in [0.15, 0.2) is 0 Å². The van der Waals surface area contributed by atoms with Crippen molar-refractivity contribution in [2.75, 3.05) is 13.2 Å². The molecule has 114 valence electrons. The zero-order valence-electron chi connectivity index (χ0n) is 10.8. The van der Waals surface area contributed by atoms with Gasteiger partial charge in [-0.3, -0.25) is 0 Å². The van der Waals surface area contributed by atoms with Crippen molar-refractivity contribution < 1.29 is 33.0 Å². The van der Waals surface area contributed by atoms with Gasteiger partial charge in [0.2, 0.25) is 0 Å². The molecule has 0 saturated heterocycles. The van der Waals surface area contributed by atoms with Crippen LogP contribution in [0.5, 0.6) is 5.75 Å². The average molecular weight is 301 g/mol. The van der Waals surface area contributed by atoms with E-state index in [0.29, 0.717) is 0 Å². The molecule has 0 bridgehead atoms. The topological polar surface area (TPSA) is 84.9 Å². The van der Waals surface area contributed by atoms with Crippen LogP contribution in [0.15, 0.2) is 36.9 Å². The summed E-state index contributed by atoms with van der Waals surface area (Å²) in [4.78, 5) is 21.6. The minimum atomic E-state index is -3.67. The molecular weight excluding hydrogens is 288 g/mol. The van der Waals surface area contributed by atoms with Gasteiger partial charge in [-0.1, -0.05) is 12.7 Å². The van der Waals surface area contributed by atoms with Gasteiger partial charge in [-0.25, -0.2) is 9.59 Å². The molecule has 0 aliphatic heterocycles. The molecule has 2 N–H and O–H groups in total. The zero-order chi connectivity index (χ0) is 15.9. The van der Waals surface area contributed by atoms with Crippen molar-refractivity contribution in [2.24, 2.45) is 0 Å².